The molecule has 0 heterocycles. The molecule has 0 saturated carbocycles. The number of unbranched alkanes of at least 4 members (excludes halogenated alkanes) is 20. The van der Waals surface area contributed by atoms with Crippen molar-refractivity contribution in [3.63, 3.8) is 0 Å². The van der Waals surface area contributed by atoms with Crippen LogP contribution >= 0.6 is 0 Å². The molecule has 6 nitrogen and oxygen atoms in total. The van der Waals surface area contributed by atoms with Crippen molar-refractivity contribution in [3.8, 4) is 0 Å². The van der Waals surface area contributed by atoms with Gasteiger partial charge in [0, 0.05) is 24.8 Å². The van der Waals surface area contributed by atoms with Gasteiger partial charge < -0.3 is 20.3 Å². The minimum Gasteiger partial charge on any atom is -0.458 e. The molecule has 0 aliphatic rings. The van der Waals surface area contributed by atoms with E-state index in [1.165, 1.54) is 103 Å². The summed E-state index contributed by atoms with van der Waals surface area (Å²) in [5.74, 6) is -0.656. The van der Waals surface area contributed by atoms with Crippen LogP contribution in [0.1, 0.15) is 188 Å². The lowest BCUT2D eigenvalue weighted by Crippen LogP contribution is -2.45. The van der Waals surface area contributed by atoms with Crippen molar-refractivity contribution < 1.29 is 24.2 Å². The first-order chi connectivity index (χ1) is 19.7. The van der Waals surface area contributed by atoms with Gasteiger partial charge in [-0.25, -0.2) is 0 Å². The summed E-state index contributed by atoms with van der Waals surface area (Å²) in [5, 5.41) is 9.98. The number of hydrogen-bond acceptors (Lipinski definition) is 6. The fourth-order valence-electron chi connectivity index (χ4n) is 5.32. The van der Waals surface area contributed by atoms with E-state index < -0.39 is 24.4 Å². The van der Waals surface area contributed by atoms with Crippen LogP contribution in [0.3, 0.4) is 0 Å². The standard InChI is InChI=1S/C35H69NO5/c1-5-7-9-11-13-15-17-19-21-23-25-27-33(38)40-31(29-35(3,4)36)32(30-37)41-34(39)28-26-24-22-20-18-16-14-12-10-8-6-2/h31-32,37H,5-30,36H2,1-4H3. The number of hydrogen-bond donors (Lipinski definition) is 2. The number of esters is 2. The quantitative estimate of drug-likeness (QED) is 0.0645. The van der Waals surface area contributed by atoms with Gasteiger partial charge in [0.15, 0.2) is 6.10 Å². The van der Waals surface area contributed by atoms with Crippen LogP contribution in [0.25, 0.3) is 0 Å². The van der Waals surface area contributed by atoms with Gasteiger partial charge in [-0.2, -0.15) is 0 Å². The highest BCUT2D eigenvalue weighted by atomic mass is 16.6. The first-order valence-electron chi connectivity index (χ1n) is 17.5. The molecule has 41 heavy (non-hydrogen) atoms. The van der Waals surface area contributed by atoms with E-state index in [0.717, 1.165) is 38.5 Å². The molecule has 0 aromatic heterocycles. The van der Waals surface area contributed by atoms with Crippen molar-refractivity contribution in [2.75, 3.05) is 6.61 Å². The first-order valence-corrected chi connectivity index (χ1v) is 17.5. The maximum atomic E-state index is 12.6. The molecule has 0 aromatic rings. The molecule has 3 N–H and O–H groups in total. The Bertz CT molecular complexity index is 604. The van der Waals surface area contributed by atoms with Crippen LogP contribution in [0, 0.1) is 0 Å². The Morgan fingerprint density at radius 3 is 1.15 bits per heavy atom. The topological polar surface area (TPSA) is 98.8 Å². The second-order valence-electron chi connectivity index (χ2n) is 13.0. The number of carbonyl (C=O) groups is 2. The molecule has 0 spiro atoms. The van der Waals surface area contributed by atoms with Crippen molar-refractivity contribution in [3.05, 3.63) is 0 Å². The molecule has 0 bridgehead atoms. The summed E-state index contributed by atoms with van der Waals surface area (Å²) in [4.78, 5) is 25.1. The molecule has 244 valence electrons. The van der Waals surface area contributed by atoms with Gasteiger partial charge in [-0.1, -0.05) is 142 Å². The molecule has 0 aliphatic heterocycles. The van der Waals surface area contributed by atoms with E-state index in [2.05, 4.69) is 13.8 Å². The third-order valence-corrected chi connectivity index (χ3v) is 7.86. The predicted octanol–water partition coefficient (Wildman–Crippen LogP) is 9.33. The van der Waals surface area contributed by atoms with Crippen LogP contribution < -0.4 is 5.73 Å². The average Bonchev–Trinajstić information content (AvgIpc) is 2.92. The summed E-state index contributed by atoms with van der Waals surface area (Å²) in [5.41, 5.74) is 5.59. The van der Waals surface area contributed by atoms with Gasteiger partial charge in [-0.15, -0.1) is 0 Å². The van der Waals surface area contributed by atoms with E-state index in [-0.39, 0.29) is 11.9 Å². The smallest absolute Gasteiger partial charge is 0.306 e. The van der Waals surface area contributed by atoms with Crippen LogP contribution in [-0.2, 0) is 19.1 Å². The fourth-order valence-corrected chi connectivity index (χ4v) is 5.32. The molecule has 0 saturated heterocycles. The Kier molecular flexibility index (Phi) is 26.9. The lowest BCUT2D eigenvalue weighted by atomic mass is 9.95. The molecule has 6 heteroatoms. The normalized spacial score (nSPS) is 13.2. The third kappa shape index (κ3) is 27.4. The summed E-state index contributed by atoms with van der Waals surface area (Å²) < 4.78 is 11.3. The highest BCUT2D eigenvalue weighted by Gasteiger charge is 2.32. The van der Waals surface area contributed by atoms with Crippen LogP contribution in [0.2, 0.25) is 0 Å². The summed E-state index contributed by atoms with van der Waals surface area (Å²) in [6, 6.07) is 0. The maximum absolute atomic E-state index is 12.6. The summed E-state index contributed by atoms with van der Waals surface area (Å²) >= 11 is 0. The number of aliphatic hydroxyl groups is 1. The molecule has 0 amide bonds. The van der Waals surface area contributed by atoms with Gasteiger partial charge in [-0.3, -0.25) is 9.59 Å². The summed E-state index contributed by atoms with van der Waals surface area (Å²) in [7, 11) is 0. The Labute approximate surface area is 254 Å². The highest BCUT2D eigenvalue weighted by Crippen LogP contribution is 2.20. The van der Waals surface area contributed by atoms with Crippen molar-refractivity contribution in [2.45, 2.75) is 206 Å². The Hall–Kier alpha value is -1.14. The summed E-state index contributed by atoms with van der Waals surface area (Å²) in [6.07, 6.45) is 26.1. The molecule has 0 radical (unpaired) electrons. The zero-order valence-electron chi connectivity index (χ0n) is 27.7. The van der Waals surface area contributed by atoms with Crippen molar-refractivity contribution in [1.29, 1.82) is 0 Å². The van der Waals surface area contributed by atoms with Crippen molar-refractivity contribution >= 4 is 11.9 Å². The third-order valence-electron chi connectivity index (χ3n) is 7.86. The zero-order valence-corrected chi connectivity index (χ0v) is 27.7. The van der Waals surface area contributed by atoms with Gasteiger partial charge in [-0.05, 0) is 26.7 Å². The fraction of sp³-hybridized carbons (Fsp3) is 0.943. The zero-order chi connectivity index (χ0) is 30.6. The van der Waals surface area contributed by atoms with Gasteiger partial charge in [0.25, 0.3) is 0 Å². The van der Waals surface area contributed by atoms with E-state index in [4.69, 9.17) is 15.2 Å². The van der Waals surface area contributed by atoms with Crippen LogP contribution in [0.15, 0.2) is 0 Å². The lowest BCUT2D eigenvalue weighted by Gasteiger charge is -2.30. The predicted molar refractivity (Wildman–Crippen MR) is 172 cm³/mol. The second kappa shape index (κ2) is 27.7. The van der Waals surface area contributed by atoms with E-state index >= 15 is 0 Å². The van der Waals surface area contributed by atoms with Crippen LogP contribution in [0.5, 0.6) is 0 Å². The number of nitrogens with two attached hydrogens (primary N) is 1. The van der Waals surface area contributed by atoms with Crippen molar-refractivity contribution in [2.24, 2.45) is 5.73 Å². The Balaban J connectivity index is 4.24. The highest BCUT2D eigenvalue weighted by molar-refractivity contribution is 5.70. The molecule has 2 unspecified atom stereocenters. The summed E-state index contributed by atoms with van der Waals surface area (Å²) in [6.45, 7) is 7.79. The minimum atomic E-state index is -0.890. The monoisotopic (exact) mass is 584 g/mol. The molecule has 0 rings (SSSR count). The Morgan fingerprint density at radius 2 is 0.854 bits per heavy atom. The van der Waals surface area contributed by atoms with E-state index in [1.807, 2.05) is 13.8 Å². The molecule has 0 aromatic carbocycles. The molecule has 0 fully saturated rings. The molecular weight excluding hydrogens is 514 g/mol. The average molecular weight is 584 g/mol. The SMILES string of the molecule is CCCCCCCCCCCCCC(=O)OC(CO)C(CC(C)(C)N)OC(=O)CCCCCCCCCCCCC. The largest absolute Gasteiger partial charge is 0.458 e. The van der Waals surface area contributed by atoms with Crippen LogP contribution in [0.4, 0.5) is 0 Å². The molecule has 0 aliphatic carbocycles. The van der Waals surface area contributed by atoms with Crippen molar-refractivity contribution in [1.82, 2.24) is 0 Å². The van der Waals surface area contributed by atoms with Crippen LogP contribution in [-0.4, -0.2) is 41.4 Å². The number of carbonyl (C=O) groups excluding carboxylic acids is 2. The number of aliphatic hydroxyl groups excluding tert-OH is 1. The number of ether oxygens (including phenoxy) is 2. The van der Waals surface area contributed by atoms with Gasteiger partial charge >= 0.3 is 11.9 Å². The van der Waals surface area contributed by atoms with E-state index in [9.17, 15) is 14.7 Å². The first kappa shape index (κ1) is 39.9. The Morgan fingerprint density at radius 1 is 0.561 bits per heavy atom. The number of rotatable bonds is 30. The molecular formula is C35H69NO5. The van der Waals surface area contributed by atoms with Gasteiger partial charge in [0.2, 0.25) is 0 Å². The lowest BCUT2D eigenvalue weighted by molar-refractivity contribution is -0.173. The van der Waals surface area contributed by atoms with Gasteiger partial charge in [0.1, 0.15) is 6.10 Å². The van der Waals surface area contributed by atoms with Gasteiger partial charge in [0.05, 0.1) is 6.61 Å². The molecule has 2 atom stereocenters. The van der Waals surface area contributed by atoms with E-state index in [0.29, 0.717) is 19.3 Å². The minimum absolute atomic E-state index is 0.310. The van der Waals surface area contributed by atoms with E-state index in [1.54, 1.807) is 0 Å². The second-order valence-corrected chi connectivity index (χ2v) is 13.0. The maximum Gasteiger partial charge on any atom is 0.306 e.